The second kappa shape index (κ2) is 8.73. The molecule has 1 saturated carbocycles. The molecule has 0 aromatic rings. The Bertz CT molecular complexity index is 382. The number of nitrogens with two attached hydrogens (primary N) is 1. The molecule has 22 heavy (non-hydrogen) atoms. The van der Waals surface area contributed by atoms with Gasteiger partial charge in [-0.2, -0.15) is 0 Å². The Hall–Kier alpha value is -0.810. The van der Waals surface area contributed by atoms with Crippen molar-refractivity contribution in [3.8, 4) is 0 Å². The molecule has 0 unspecified atom stereocenters. The summed E-state index contributed by atoms with van der Waals surface area (Å²) < 4.78 is 0. The first-order valence-corrected chi connectivity index (χ1v) is 8.31. The first kappa shape index (κ1) is 19.2. The standard InChI is InChI=1S/C16H29N3O2.ClH/c1-11(2)16(21)19-8-6-13(7-9-19)18-15(20)10-12-4-3-5-14(12)17;/h11-14H,3-10,17H2,1-2H3,(H,18,20);1H/t12-,14+;/m0./s1. The molecule has 2 amide bonds. The lowest BCUT2D eigenvalue weighted by molar-refractivity contribution is -0.135. The summed E-state index contributed by atoms with van der Waals surface area (Å²) in [5.41, 5.74) is 6.02. The third-order valence-corrected chi connectivity index (χ3v) is 4.83. The normalized spacial score (nSPS) is 25.9. The van der Waals surface area contributed by atoms with Crippen LogP contribution in [0.5, 0.6) is 0 Å². The summed E-state index contributed by atoms with van der Waals surface area (Å²) in [6.45, 7) is 5.37. The van der Waals surface area contributed by atoms with Crippen LogP contribution >= 0.6 is 12.4 Å². The van der Waals surface area contributed by atoms with Crippen molar-refractivity contribution in [2.45, 2.75) is 64.5 Å². The van der Waals surface area contributed by atoms with Crippen LogP contribution in [-0.4, -0.2) is 41.9 Å². The molecule has 1 aliphatic heterocycles. The van der Waals surface area contributed by atoms with E-state index in [4.69, 9.17) is 5.73 Å². The topological polar surface area (TPSA) is 75.4 Å². The van der Waals surface area contributed by atoms with Crippen molar-refractivity contribution < 1.29 is 9.59 Å². The third-order valence-electron chi connectivity index (χ3n) is 4.83. The predicted molar refractivity (Wildman–Crippen MR) is 89.8 cm³/mol. The number of carbonyl (C=O) groups is 2. The number of carbonyl (C=O) groups excluding carboxylic acids is 2. The lowest BCUT2D eigenvalue weighted by Gasteiger charge is -2.33. The van der Waals surface area contributed by atoms with Gasteiger partial charge in [-0.25, -0.2) is 0 Å². The Morgan fingerprint density at radius 2 is 1.82 bits per heavy atom. The van der Waals surface area contributed by atoms with E-state index in [1.54, 1.807) is 0 Å². The number of piperidine rings is 1. The van der Waals surface area contributed by atoms with Crippen LogP contribution in [0, 0.1) is 11.8 Å². The van der Waals surface area contributed by atoms with E-state index >= 15 is 0 Å². The quantitative estimate of drug-likeness (QED) is 0.823. The predicted octanol–water partition coefficient (Wildman–Crippen LogP) is 1.69. The number of rotatable bonds is 4. The van der Waals surface area contributed by atoms with Crippen LogP contribution in [0.1, 0.15) is 52.4 Å². The van der Waals surface area contributed by atoms with E-state index in [0.717, 1.165) is 45.2 Å². The Morgan fingerprint density at radius 1 is 1.18 bits per heavy atom. The van der Waals surface area contributed by atoms with Gasteiger partial charge < -0.3 is 16.0 Å². The lowest BCUT2D eigenvalue weighted by Crippen LogP contribution is -2.48. The first-order chi connectivity index (χ1) is 9.97. The second-order valence-electron chi connectivity index (χ2n) is 6.88. The molecule has 2 aliphatic rings. The fourth-order valence-corrected chi connectivity index (χ4v) is 3.45. The Labute approximate surface area is 139 Å². The van der Waals surface area contributed by atoms with Gasteiger partial charge in [-0.15, -0.1) is 12.4 Å². The molecule has 6 heteroatoms. The van der Waals surface area contributed by atoms with E-state index in [2.05, 4.69) is 5.32 Å². The minimum Gasteiger partial charge on any atom is -0.353 e. The minimum atomic E-state index is 0. The molecule has 2 fully saturated rings. The van der Waals surface area contributed by atoms with Crippen molar-refractivity contribution >= 4 is 24.2 Å². The summed E-state index contributed by atoms with van der Waals surface area (Å²) in [5, 5.41) is 3.12. The highest BCUT2D eigenvalue weighted by atomic mass is 35.5. The van der Waals surface area contributed by atoms with Gasteiger partial charge in [0.25, 0.3) is 0 Å². The number of hydrogen-bond donors (Lipinski definition) is 2. The number of hydrogen-bond acceptors (Lipinski definition) is 3. The highest BCUT2D eigenvalue weighted by Crippen LogP contribution is 2.26. The monoisotopic (exact) mass is 331 g/mol. The molecule has 1 heterocycles. The van der Waals surface area contributed by atoms with Gasteiger partial charge in [0, 0.05) is 37.5 Å². The van der Waals surface area contributed by atoms with Crippen molar-refractivity contribution in [3.05, 3.63) is 0 Å². The van der Waals surface area contributed by atoms with E-state index < -0.39 is 0 Å². The molecule has 2 rings (SSSR count). The van der Waals surface area contributed by atoms with Gasteiger partial charge in [0.05, 0.1) is 0 Å². The molecule has 3 N–H and O–H groups in total. The zero-order valence-corrected chi connectivity index (χ0v) is 14.5. The number of amides is 2. The van der Waals surface area contributed by atoms with Gasteiger partial charge in [0.1, 0.15) is 0 Å². The van der Waals surface area contributed by atoms with Crippen LogP contribution in [0.25, 0.3) is 0 Å². The summed E-state index contributed by atoms with van der Waals surface area (Å²) in [7, 11) is 0. The minimum absolute atomic E-state index is 0. The molecule has 128 valence electrons. The molecule has 1 aliphatic carbocycles. The average molecular weight is 332 g/mol. The van der Waals surface area contributed by atoms with Gasteiger partial charge in [-0.3, -0.25) is 9.59 Å². The lowest BCUT2D eigenvalue weighted by atomic mass is 9.98. The second-order valence-corrected chi connectivity index (χ2v) is 6.88. The van der Waals surface area contributed by atoms with Crippen molar-refractivity contribution in [2.75, 3.05) is 13.1 Å². The van der Waals surface area contributed by atoms with Crippen LogP contribution in [0.3, 0.4) is 0 Å². The maximum absolute atomic E-state index is 12.1. The molecule has 0 radical (unpaired) electrons. The van der Waals surface area contributed by atoms with E-state index in [1.807, 2.05) is 18.7 Å². The van der Waals surface area contributed by atoms with Crippen LogP contribution in [0.15, 0.2) is 0 Å². The van der Waals surface area contributed by atoms with Crippen LogP contribution in [0.4, 0.5) is 0 Å². The van der Waals surface area contributed by atoms with Crippen LogP contribution in [-0.2, 0) is 9.59 Å². The fourth-order valence-electron chi connectivity index (χ4n) is 3.45. The summed E-state index contributed by atoms with van der Waals surface area (Å²) in [6.07, 6.45) is 5.56. The highest BCUT2D eigenvalue weighted by molar-refractivity contribution is 5.85. The molecule has 0 aromatic heterocycles. The van der Waals surface area contributed by atoms with Gasteiger partial charge in [-0.1, -0.05) is 20.3 Å². The Morgan fingerprint density at radius 3 is 2.32 bits per heavy atom. The number of likely N-dealkylation sites (tertiary alicyclic amines) is 1. The van der Waals surface area contributed by atoms with Gasteiger partial charge in [0.15, 0.2) is 0 Å². The number of halogens is 1. The van der Waals surface area contributed by atoms with Gasteiger partial charge >= 0.3 is 0 Å². The Kier molecular flexibility index (Phi) is 7.63. The van der Waals surface area contributed by atoms with Crippen molar-refractivity contribution in [3.63, 3.8) is 0 Å². The zero-order valence-electron chi connectivity index (χ0n) is 13.7. The molecule has 2 atom stereocenters. The molecule has 5 nitrogen and oxygen atoms in total. The van der Waals surface area contributed by atoms with Crippen LogP contribution < -0.4 is 11.1 Å². The maximum atomic E-state index is 12.1. The molecular formula is C16H30ClN3O2. The summed E-state index contributed by atoms with van der Waals surface area (Å²) in [6, 6.07) is 0.410. The van der Waals surface area contributed by atoms with E-state index in [1.165, 1.54) is 0 Å². The average Bonchev–Trinajstić information content (AvgIpc) is 2.84. The number of nitrogens with one attached hydrogen (secondary N) is 1. The summed E-state index contributed by atoms with van der Waals surface area (Å²) in [5.74, 6) is 0.760. The first-order valence-electron chi connectivity index (χ1n) is 8.31. The number of nitrogens with zero attached hydrogens (tertiary/aromatic N) is 1. The van der Waals surface area contributed by atoms with E-state index in [0.29, 0.717) is 12.3 Å². The molecule has 0 bridgehead atoms. The zero-order chi connectivity index (χ0) is 15.4. The van der Waals surface area contributed by atoms with E-state index in [9.17, 15) is 9.59 Å². The summed E-state index contributed by atoms with van der Waals surface area (Å²) >= 11 is 0. The third kappa shape index (κ3) is 5.13. The van der Waals surface area contributed by atoms with Crippen LogP contribution in [0.2, 0.25) is 0 Å². The molecule has 0 spiro atoms. The Balaban J connectivity index is 0.00000242. The van der Waals surface area contributed by atoms with Gasteiger partial charge in [0.2, 0.25) is 11.8 Å². The smallest absolute Gasteiger partial charge is 0.225 e. The SMILES string of the molecule is CC(C)C(=O)N1CCC(NC(=O)C[C@@H]2CCC[C@H]2N)CC1.Cl. The summed E-state index contributed by atoms with van der Waals surface area (Å²) in [4.78, 5) is 25.9. The van der Waals surface area contributed by atoms with E-state index in [-0.39, 0.29) is 42.2 Å². The van der Waals surface area contributed by atoms with Crippen molar-refractivity contribution in [2.24, 2.45) is 17.6 Å². The van der Waals surface area contributed by atoms with Crippen molar-refractivity contribution in [1.29, 1.82) is 0 Å². The van der Waals surface area contributed by atoms with Crippen molar-refractivity contribution in [1.82, 2.24) is 10.2 Å². The molecular weight excluding hydrogens is 302 g/mol. The maximum Gasteiger partial charge on any atom is 0.225 e. The largest absolute Gasteiger partial charge is 0.353 e. The van der Waals surface area contributed by atoms with Gasteiger partial charge in [-0.05, 0) is 31.6 Å². The molecule has 1 saturated heterocycles. The molecule has 0 aromatic carbocycles. The highest BCUT2D eigenvalue weighted by Gasteiger charge is 2.28. The fraction of sp³-hybridized carbons (Fsp3) is 0.875.